The molecular weight excluding hydrogens is 254 g/mol. The molecule has 0 bridgehead atoms. The Morgan fingerprint density at radius 2 is 1.79 bits per heavy atom. The summed E-state index contributed by atoms with van der Waals surface area (Å²) < 4.78 is 5.19. The van der Waals surface area contributed by atoms with Crippen LogP contribution in [0.15, 0.2) is 0 Å². The lowest BCUT2D eigenvalue weighted by Crippen LogP contribution is -2.51. The van der Waals surface area contributed by atoms with Crippen molar-refractivity contribution >= 4 is 17.8 Å². The zero-order valence-corrected chi connectivity index (χ0v) is 10.6. The van der Waals surface area contributed by atoms with Gasteiger partial charge in [0.25, 0.3) is 0 Å². The molecule has 1 heterocycles. The van der Waals surface area contributed by atoms with Gasteiger partial charge in [-0.3, -0.25) is 14.4 Å². The van der Waals surface area contributed by atoms with Crippen LogP contribution in [0.1, 0.15) is 12.8 Å². The van der Waals surface area contributed by atoms with E-state index in [-0.39, 0.29) is 19.0 Å². The molecule has 0 unspecified atom stereocenters. The predicted molar refractivity (Wildman–Crippen MR) is 65.2 cm³/mol. The number of rotatable bonds is 6. The van der Waals surface area contributed by atoms with Gasteiger partial charge >= 0.3 is 5.97 Å². The number of nitrogens with two attached hydrogens (primary N) is 1. The SMILES string of the molecule is NCC1(C(=O)NCC(=O)NCC(=O)O)CCOCC1. The Labute approximate surface area is 110 Å². The number of carbonyl (C=O) groups is 3. The summed E-state index contributed by atoms with van der Waals surface area (Å²) in [6.45, 7) is 0.407. The lowest BCUT2D eigenvalue weighted by molar-refractivity contribution is -0.138. The maximum atomic E-state index is 12.1. The van der Waals surface area contributed by atoms with Crippen LogP contribution in [-0.2, 0) is 19.1 Å². The average Bonchev–Trinajstić information content (AvgIpc) is 2.43. The van der Waals surface area contributed by atoms with Crippen molar-refractivity contribution in [2.24, 2.45) is 11.1 Å². The summed E-state index contributed by atoms with van der Waals surface area (Å²) in [5, 5.41) is 13.0. The van der Waals surface area contributed by atoms with Crippen molar-refractivity contribution in [3.8, 4) is 0 Å². The molecule has 19 heavy (non-hydrogen) atoms. The van der Waals surface area contributed by atoms with Gasteiger partial charge < -0.3 is 26.2 Å². The second-order valence-corrected chi connectivity index (χ2v) is 4.45. The molecule has 0 aromatic rings. The summed E-state index contributed by atoms with van der Waals surface area (Å²) >= 11 is 0. The van der Waals surface area contributed by atoms with E-state index < -0.39 is 23.8 Å². The second-order valence-electron chi connectivity index (χ2n) is 4.45. The maximum absolute atomic E-state index is 12.1. The van der Waals surface area contributed by atoms with Gasteiger partial charge in [-0.25, -0.2) is 0 Å². The van der Waals surface area contributed by atoms with Gasteiger partial charge in [0.1, 0.15) is 6.54 Å². The fourth-order valence-corrected chi connectivity index (χ4v) is 1.87. The van der Waals surface area contributed by atoms with Crippen LogP contribution < -0.4 is 16.4 Å². The van der Waals surface area contributed by atoms with Gasteiger partial charge in [0, 0.05) is 19.8 Å². The molecule has 5 N–H and O–H groups in total. The third-order valence-electron chi connectivity index (χ3n) is 3.17. The Kier molecular flexibility index (Phi) is 5.71. The maximum Gasteiger partial charge on any atom is 0.322 e. The molecule has 1 fully saturated rings. The summed E-state index contributed by atoms with van der Waals surface area (Å²) in [5.41, 5.74) is 4.96. The number of nitrogens with one attached hydrogen (secondary N) is 2. The molecule has 0 aliphatic carbocycles. The lowest BCUT2D eigenvalue weighted by Gasteiger charge is -2.34. The van der Waals surface area contributed by atoms with Crippen LogP contribution in [0.25, 0.3) is 0 Å². The normalized spacial score (nSPS) is 17.5. The van der Waals surface area contributed by atoms with Gasteiger partial charge in [-0.1, -0.05) is 0 Å². The van der Waals surface area contributed by atoms with E-state index >= 15 is 0 Å². The van der Waals surface area contributed by atoms with E-state index in [0.717, 1.165) is 0 Å². The van der Waals surface area contributed by atoms with E-state index in [1.165, 1.54) is 0 Å². The molecule has 0 radical (unpaired) electrons. The van der Waals surface area contributed by atoms with Gasteiger partial charge in [-0.05, 0) is 12.8 Å². The third-order valence-corrected chi connectivity index (χ3v) is 3.17. The van der Waals surface area contributed by atoms with Gasteiger partial charge in [0.2, 0.25) is 11.8 Å². The zero-order chi connectivity index (χ0) is 14.3. The fourth-order valence-electron chi connectivity index (χ4n) is 1.87. The zero-order valence-electron chi connectivity index (χ0n) is 10.6. The second kappa shape index (κ2) is 7.05. The summed E-state index contributed by atoms with van der Waals surface area (Å²) in [5.74, 6) is -1.97. The van der Waals surface area contributed by atoms with Crippen LogP contribution in [0.3, 0.4) is 0 Å². The smallest absolute Gasteiger partial charge is 0.322 e. The summed E-state index contributed by atoms with van der Waals surface area (Å²) in [6.07, 6.45) is 1.04. The van der Waals surface area contributed by atoms with Gasteiger partial charge in [-0.15, -0.1) is 0 Å². The molecule has 8 nitrogen and oxygen atoms in total. The van der Waals surface area contributed by atoms with Gasteiger partial charge in [-0.2, -0.15) is 0 Å². The minimum Gasteiger partial charge on any atom is -0.480 e. The average molecular weight is 273 g/mol. The predicted octanol–water partition coefficient (Wildman–Crippen LogP) is -1.94. The van der Waals surface area contributed by atoms with E-state index in [4.69, 9.17) is 15.6 Å². The highest BCUT2D eigenvalue weighted by atomic mass is 16.5. The number of carbonyl (C=O) groups excluding carboxylic acids is 2. The Bertz CT molecular complexity index is 352. The topological polar surface area (TPSA) is 131 Å². The molecule has 2 amide bonds. The molecule has 1 aliphatic rings. The number of carboxylic acids is 1. The standard InChI is InChI=1S/C11H19N3O5/c12-7-11(1-3-19-4-2-11)10(18)14-5-8(15)13-6-9(16)17/h1-7,12H2,(H,13,15)(H,14,18)(H,16,17). The molecule has 0 aromatic carbocycles. The van der Waals surface area contributed by atoms with Crippen LogP contribution in [0.5, 0.6) is 0 Å². The molecule has 108 valence electrons. The largest absolute Gasteiger partial charge is 0.480 e. The molecule has 0 spiro atoms. The van der Waals surface area contributed by atoms with Crippen LogP contribution in [0.4, 0.5) is 0 Å². The minimum absolute atomic E-state index is 0.193. The Morgan fingerprint density at radius 3 is 2.32 bits per heavy atom. The number of hydrogen-bond donors (Lipinski definition) is 4. The van der Waals surface area contributed by atoms with Crippen molar-refractivity contribution in [3.05, 3.63) is 0 Å². The van der Waals surface area contributed by atoms with Crippen LogP contribution in [0, 0.1) is 5.41 Å². The molecule has 0 saturated carbocycles. The quantitative estimate of drug-likeness (QED) is 0.445. The first kappa shape index (κ1) is 15.4. The summed E-state index contributed by atoms with van der Waals surface area (Å²) in [7, 11) is 0. The van der Waals surface area contributed by atoms with Crippen LogP contribution in [0.2, 0.25) is 0 Å². The number of amides is 2. The van der Waals surface area contributed by atoms with Crippen molar-refractivity contribution in [1.82, 2.24) is 10.6 Å². The Hall–Kier alpha value is -1.67. The van der Waals surface area contributed by atoms with Crippen molar-refractivity contribution < 1.29 is 24.2 Å². The van der Waals surface area contributed by atoms with Gasteiger partial charge in [0.05, 0.1) is 12.0 Å². The van der Waals surface area contributed by atoms with E-state index in [1.807, 2.05) is 0 Å². The number of ether oxygens (including phenoxy) is 1. The van der Waals surface area contributed by atoms with Crippen molar-refractivity contribution in [2.75, 3.05) is 32.8 Å². The monoisotopic (exact) mass is 273 g/mol. The van der Waals surface area contributed by atoms with Crippen LogP contribution >= 0.6 is 0 Å². The van der Waals surface area contributed by atoms with E-state index in [0.29, 0.717) is 26.1 Å². The summed E-state index contributed by atoms with van der Waals surface area (Å²) in [6, 6.07) is 0. The summed E-state index contributed by atoms with van der Waals surface area (Å²) in [4.78, 5) is 33.6. The molecule has 0 aromatic heterocycles. The first-order valence-electron chi connectivity index (χ1n) is 6.05. The van der Waals surface area contributed by atoms with E-state index in [2.05, 4.69) is 10.6 Å². The van der Waals surface area contributed by atoms with Crippen LogP contribution in [-0.4, -0.2) is 55.7 Å². The molecule has 0 atom stereocenters. The molecule has 1 saturated heterocycles. The Balaban J connectivity index is 2.40. The fraction of sp³-hybridized carbons (Fsp3) is 0.727. The highest BCUT2D eigenvalue weighted by Crippen LogP contribution is 2.29. The first-order valence-corrected chi connectivity index (χ1v) is 6.05. The van der Waals surface area contributed by atoms with Crippen molar-refractivity contribution in [2.45, 2.75) is 12.8 Å². The molecule has 1 aliphatic heterocycles. The number of carboxylic acid groups (broad SMARTS) is 1. The minimum atomic E-state index is -1.14. The highest BCUT2D eigenvalue weighted by molar-refractivity contribution is 5.89. The van der Waals surface area contributed by atoms with Gasteiger partial charge in [0.15, 0.2) is 0 Å². The van der Waals surface area contributed by atoms with E-state index in [1.54, 1.807) is 0 Å². The Morgan fingerprint density at radius 1 is 1.16 bits per heavy atom. The van der Waals surface area contributed by atoms with Crippen molar-refractivity contribution in [3.63, 3.8) is 0 Å². The molecular formula is C11H19N3O5. The number of aliphatic carboxylic acids is 1. The molecule has 8 heteroatoms. The van der Waals surface area contributed by atoms with E-state index in [9.17, 15) is 14.4 Å². The molecule has 1 rings (SSSR count). The number of hydrogen-bond acceptors (Lipinski definition) is 5. The first-order chi connectivity index (χ1) is 9.00. The lowest BCUT2D eigenvalue weighted by atomic mass is 9.79. The highest BCUT2D eigenvalue weighted by Gasteiger charge is 2.38. The van der Waals surface area contributed by atoms with Crippen molar-refractivity contribution in [1.29, 1.82) is 0 Å². The third kappa shape index (κ3) is 4.49.